The molecule has 0 aromatic carbocycles. The fourth-order valence-electron chi connectivity index (χ4n) is 1.91. The number of aryl methyl sites for hydroxylation is 1. The van der Waals surface area contributed by atoms with E-state index in [9.17, 15) is 0 Å². The molecular weight excluding hydrogens is 224 g/mol. The van der Waals surface area contributed by atoms with Gasteiger partial charge in [0.05, 0.1) is 0 Å². The van der Waals surface area contributed by atoms with Crippen molar-refractivity contribution in [3.05, 3.63) is 11.9 Å². The molecule has 0 aliphatic rings. The molecular formula is C14H26N4. The SMILES string of the molecule is CCCCCCCCNc1cc(NC)nc(C)n1. The monoisotopic (exact) mass is 250 g/mol. The van der Waals surface area contributed by atoms with Gasteiger partial charge in [-0.2, -0.15) is 0 Å². The lowest BCUT2D eigenvalue weighted by Crippen LogP contribution is -2.06. The molecule has 0 atom stereocenters. The molecule has 0 fully saturated rings. The molecule has 102 valence electrons. The van der Waals surface area contributed by atoms with Crippen molar-refractivity contribution in [2.45, 2.75) is 52.4 Å². The van der Waals surface area contributed by atoms with E-state index in [1.54, 1.807) is 0 Å². The van der Waals surface area contributed by atoms with Gasteiger partial charge in [-0.05, 0) is 13.3 Å². The standard InChI is InChI=1S/C14H26N4/c1-4-5-6-7-8-9-10-16-14-11-13(15-3)17-12(2)18-14/h11H,4-10H2,1-3H3,(H2,15,16,17,18). The Morgan fingerprint density at radius 2 is 1.67 bits per heavy atom. The van der Waals surface area contributed by atoms with Crippen LogP contribution < -0.4 is 10.6 Å². The number of hydrogen-bond acceptors (Lipinski definition) is 4. The van der Waals surface area contributed by atoms with Gasteiger partial charge in [-0.15, -0.1) is 0 Å². The third-order valence-electron chi connectivity index (χ3n) is 2.93. The van der Waals surface area contributed by atoms with Gasteiger partial charge in [0, 0.05) is 19.7 Å². The molecule has 0 spiro atoms. The summed E-state index contributed by atoms with van der Waals surface area (Å²) >= 11 is 0. The van der Waals surface area contributed by atoms with Crippen LogP contribution >= 0.6 is 0 Å². The minimum atomic E-state index is 0.798. The van der Waals surface area contributed by atoms with E-state index in [1.807, 2.05) is 20.0 Å². The Kier molecular flexibility index (Phi) is 7.14. The van der Waals surface area contributed by atoms with Crippen LogP contribution in [0, 0.1) is 6.92 Å². The third kappa shape index (κ3) is 5.84. The van der Waals surface area contributed by atoms with E-state index in [0.717, 1.165) is 24.0 Å². The quantitative estimate of drug-likeness (QED) is 0.657. The number of aromatic nitrogens is 2. The Bertz CT molecular complexity index is 339. The Morgan fingerprint density at radius 1 is 1.00 bits per heavy atom. The molecule has 4 nitrogen and oxygen atoms in total. The largest absolute Gasteiger partial charge is 0.373 e. The predicted octanol–water partition coefficient (Wildman–Crippen LogP) is 3.60. The molecule has 0 aliphatic heterocycles. The molecule has 0 aliphatic carbocycles. The van der Waals surface area contributed by atoms with Crippen LogP contribution in [0.15, 0.2) is 6.07 Å². The van der Waals surface area contributed by atoms with Crippen molar-refractivity contribution in [1.82, 2.24) is 9.97 Å². The molecule has 0 saturated heterocycles. The van der Waals surface area contributed by atoms with Crippen LogP contribution in [0.3, 0.4) is 0 Å². The van der Waals surface area contributed by atoms with Crippen LogP contribution in [0.1, 0.15) is 51.3 Å². The van der Waals surface area contributed by atoms with Gasteiger partial charge in [0.2, 0.25) is 0 Å². The molecule has 1 aromatic heterocycles. The zero-order chi connectivity index (χ0) is 13.2. The lowest BCUT2D eigenvalue weighted by Gasteiger charge is -2.08. The number of nitrogens with zero attached hydrogens (tertiary/aromatic N) is 2. The van der Waals surface area contributed by atoms with Crippen molar-refractivity contribution in [2.75, 3.05) is 24.2 Å². The van der Waals surface area contributed by atoms with E-state index in [1.165, 1.54) is 38.5 Å². The van der Waals surface area contributed by atoms with E-state index in [2.05, 4.69) is 27.5 Å². The predicted molar refractivity (Wildman–Crippen MR) is 78.2 cm³/mol. The normalized spacial score (nSPS) is 10.4. The van der Waals surface area contributed by atoms with Crippen molar-refractivity contribution in [3.8, 4) is 0 Å². The number of nitrogens with one attached hydrogen (secondary N) is 2. The minimum absolute atomic E-state index is 0.798. The first-order valence-corrected chi connectivity index (χ1v) is 7.03. The first-order chi connectivity index (χ1) is 8.76. The van der Waals surface area contributed by atoms with Crippen molar-refractivity contribution in [3.63, 3.8) is 0 Å². The number of unbranched alkanes of at least 4 members (excludes halogenated alkanes) is 5. The summed E-state index contributed by atoms with van der Waals surface area (Å²) in [5, 5.41) is 6.40. The Hall–Kier alpha value is -1.32. The van der Waals surface area contributed by atoms with Crippen LogP contribution in [-0.2, 0) is 0 Å². The van der Waals surface area contributed by atoms with E-state index < -0.39 is 0 Å². The van der Waals surface area contributed by atoms with Gasteiger partial charge in [-0.3, -0.25) is 0 Å². The average molecular weight is 250 g/mol. The first kappa shape index (κ1) is 14.7. The zero-order valence-corrected chi connectivity index (χ0v) is 11.9. The molecule has 1 aromatic rings. The smallest absolute Gasteiger partial charge is 0.131 e. The van der Waals surface area contributed by atoms with E-state index >= 15 is 0 Å². The number of anilines is 2. The van der Waals surface area contributed by atoms with Gasteiger partial charge in [-0.1, -0.05) is 39.0 Å². The minimum Gasteiger partial charge on any atom is -0.373 e. The first-order valence-electron chi connectivity index (χ1n) is 7.03. The molecule has 2 N–H and O–H groups in total. The second kappa shape index (κ2) is 8.72. The van der Waals surface area contributed by atoms with Gasteiger partial charge in [0.25, 0.3) is 0 Å². The van der Waals surface area contributed by atoms with Gasteiger partial charge < -0.3 is 10.6 Å². The van der Waals surface area contributed by atoms with Gasteiger partial charge in [0.1, 0.15) is 17.5 Å². The Balaban J connectivity index is 2.20. The highest BCUT2D eigenvalue weighted by Crippen LogP contribution is 2.11. The van der Waals surface area contributed by atoms with E-state index in [4.69, 9.17) is 0 Å². The van der Waals surface area contributed by atoms with Gasteiger partial charge in [-0.25, -0.2) is 9.97 Å². The average Bonchev–Trinajstić information content (AvgIpc) is 2.37. The second-order valence-corrected chi connectivity index (χ2v) is 4.63. The maximum Gasteiger partial charge on any atom is 0.131 e. The Labute approximate surface area is 111 Å². The number of rotatable bonds is 9. The lowest BCUT2D eigenvalue weighted by atomic mass is 10.1. The van der Waals surface area contributed by atoms with Crippen LogP contribution in [0.2, 0.25) is 0 Å². The van der Waals surface area contributed by atoms with Crippen LogP contribution in [0.5, 0.6) is 0 Å². The molecule has 0 radical (unpaired) electrons. The summed E-state index contributed by atoms with van der Waals surface area (Å²) in [5.41, 5.74) is 0. The molecule has 18 heavy (non-hydrogen) atoms. The molecule has 0 bridgehead atoms. The topological polar surface area (TPSA) is 49.8 Å². The fourth-order valence-corrected chi connectivity index (χ4v) is 1.91. The van der Waals surface area contributed by atoms with Crippen molar-refractivity contribution >= 4 is 11.6 Å². The maximum absolute atomic E-state index is 4.37. The molecule has 1 heterocycles. The fraction of sp³-hybridized carbons (Fsp3) is 0.714. The van der Waals surface area contributed by atoms with E-state index in [-0.39, 0.29) is 0 Å². The highest BCUT2D eigenvalue weighted by molar-refractivity contribution is 5.46. The molecule has 1 rings (SSSR count). The van der Waals surface area contributed by atoms with Gasteiger partial charge in [0.15, 0.2) is 0 Å². The molecule has 4 heteroatoms. The summed E-state index contributed by atoms with van der Waals surface area (Å²) in [4.78, 5) is 8.64. The third-order valence-corrected chi connectivity index (χ3v) is 2.93. The summed E-state index contributed by atoms with van der Waals surface area (Å²) in [6.07, 6.45) is 7.90. The summed E-state index contributed by atoms with van der Waals surface area (Å²) in [6, 6.07) is 1.95. The molecule has 0 unspecified atom stereocenters. The highest BCUT2D eigenvalue weighted by Gasteiger charge is 1.99. The van der Waals surface area contributed by atoms with Gasteiger partial charge >= 0.3 is 0 Å². The molecule has 0 saturated carbocycles. The van der Waals surface area contributed by atoms with Crippen molar-refractivity contribution < 1.29 is 0 Å². The lowest BCUT2D eigenvalue weighted by molar-refractivity contribution is 0.616. The number of hydrogen-bond donors (Lipinski definition) is 2. The Morgan fingerprint density at radius 3 is 2.39 bits per heavy atom. The molecule has 0 amide bonds. The zero-order valence-electron chi connectivity index (χ0n) is 11.9. The second-order valence-electron chi connectivity index (χ2n) is 4.63. The maximum atomic E-state index is 4.37. The van der Waals surface area contributed by atoms with E-state index in [0.29, 0.717) is 0 Å². The summed E-state index contributed by atoms with van der Waals surface area (Å²) in [6.45, 7) is 5.15. The summed E-state index contributed by atoms with van der Waals surface area (Å²) in [5.74, 6) is 2.58. The highest BCUT2D eigenvalue weighted by atomic mass is 15.1. The summed E-state index contributed by atoms with van der Waals surface area (Å²) < 4.78 is 0. The van der Waals surface area contributed by atoms with Crippen LogP contribution in [0.25, 0.3) is 0 Å². The van der Waals surface area contributed by atoms with Crippen molar-refractivity contribution in [2.24, 2.45) is 0 Å². The van der Waals surface area contributed by atoms with Crippen molar-refractivity contribution in [1.29, 1.82) is 0 Å². The summed E-state index contributed by atoms with van der Waals surface area (Å²) in [7, 11) is 1.87. The van der Waals surface area contributed by atoms with Crippen LogP contribution in [-0.4, -0.2) is 23.6 Å². The van der Waals surface area contributed by atoms with Crippen LogP contribution in [0.4, 0.5) is 11.6 Å².